The van der Waals surface area contributed by atoms with Crippen molar-refractivity contribution in [3.8, 4) is 11.5 Å². The Morgan fingerprint density at radius 1 is 1.06 bits per heavy atom. The van der Waals surface area contributed by atoms with Crippen molar-refractivity contribution in [1.82, 2.24) is 0 Å². The van der Waals surface area contributed by atoms with E-state index >= 15 is 0 Å². The number of ketones is 1. The zero-order chi connectivity index (χ0) is 11.5. The summed E-state index contributed by atoms with van der Waals surface area (Å²) in [4.78, 5) is 11.2. The number of carbonyl (C=O) groups is 1. The van der Waals surface area contributed by atoms with E-state index in [1.165, 1.54) is 0 Å². The first kappa shape index (κ1) is 10.7. The average molecular weight is 218 g/mol. The van der Waals surface area contributed by atoms with E-state index in [0.717, 1.165) is 17.6 Å². The molecule has 3 heteroatoms. The van der Waals surface area contributed by atoms with Gasteiger partial charge < -0.3 is 9.47 Å². The molecule has 0 atom stereocenters. The second-order valence-corrected chi connectivity index (χ2v) is 3.71. The summed E-state index contributed by atoms with van der Waals surface area (Å²) in [5, 5.41) is 0. The van der Waals surface area contributed by atoms with Crippen molar-refractivity contribution in [2.45, 2.75) is 12.8 Å². The Hall–Kier alpha value is -1.77. The van der Waals surface area contributed by atoms with Gasteiger partial charge in [-0.15, -0.1) is 0 Å². The number of rotatable bonds is 3. The Kier molecular flexibility index (Phi) is 2.95. The molecule has 0 saturated heterocycles. The van der Waals surface area contributed by atoms with E-state index in [4.69, 9.17) is 9.47 Å². The molecule has 1 aromatic rings. The van der Waals surface area contributed by atoms with Crippen LogP contribution in [0.5, 0.6) is 11.5 Å². The lowest BCUT2D eigenvalue weighted by Gasteiger charge is -2.09. The minimum atomic E-state index is 0.199. The van der Waals surface area contributed by atoms with Crippen LogP contribution in [0.15, 0.2) is 24.3 Å². The maximum Gasteiger partial charge on any atom is 0.161 e. The van der Waals surface area contributed by atoms with E-state index in [1.54, 1.807) is 20.3 Å². The third-order valence-electron chi connectivity index (χ3n) is 2.73. The standard InChI is InChI=1S/C13H14O3/c1-15-12-6-4-10(8-13(12)16-2)9-3-5-11(14)7-9/h4,6-8H,3,5H2,1-2H3. The summed E-state index contributed by atoms with van der Waals surface area (Å²) in [5.41, 5.74) is 2.11. The van der Waals surface area contributed by atoms with Gasteiger partial charge in [-0.05, 0) is 35.8 Å². The number of hydrogen-bond donors (Lipinski definition) is 0. The van der Waals surface area contributed by atoms with Crippen LogP contribution in [0, 0.1) is 0 Å². The lowest BCUT2D eigenvalue weighted by molar-refractivity contribution is -0.114. The van der Waals surface area contributed by atoms with Gasteiger partial charge >= 0.3 is 0 Å². The van der Waals surface area contributed by atoms with E-state index in [-0.39, 0.29) is 5.78 Å². The number of allylic oxidation sites excluding steroid dienone is 2. The molecule has 0 radical (unpaired) electrons. The van der Waals surface area contributed by atoms with Crippen molar-refractivity contribution in [2.75, 3.05) is 14.2 Å². The first-order valence-electron chi connectivity index (χ1n) is 5.20. The molecule has 0 aliphatic heterocycles. The highest BCUT2D eigenvalue weighted by atomic mass is 16.5. The van der Waals surface area contributed by atoms with Crippen molar-refractivity contribution in [1.29, 1.82) is 0 Å². The zero-order valence-corrected chi connectivity index (χ0v) is 9.45. The Morgan fingerprint density at radius 2 is 1.81 bits per heavy atom. The Bertz CT molecular complexity index is 446. The molecule has 3 nitrogen and oxygen atoms in total. The smallest absolute Gasteiger partial charge is 0.161 e. The van der Waals surface area contributed by atoms with Crippen LogP contribution in [-0.2, 0) is 4.79 Å². The van der Waals surface area contributed by atoms with Crippen molar-refractivity contribution in [3.63, 3.8) is 0 Å². The van der Waals surface area contributed by atoms with E-state index < -0.39 is 0 Å². The maximum absolute atomic E-state index is 11.2. The molecular weight excluding hydrogens is 204 g/mol. The summed E-state index contributed by atoms with van der Waals surface area (Å²) in [7, 11) is 3.21. The highest BCUT2D eigenvalue weighted by Crippen LogP contribution is 2.33. The normalized spacial score (nSPS) is 14.9. The fraction of sp³-hybridized carbons (Fsp3) is 0.308. The zero-order valence-electron chi connectivity index (χ0n) is 9.45. The second kappa shape index (κ2) is 4.39. The van der Waals surface area contributed by atoms with Gasteiger partial charge in [-0.1, -0.05) is 6.07 Å². The van der Waals surface area contributed by atoms with Gasteiger partial charge in [-0.3, -0.25) is 4.79 Å². The fourth-order valence-electron chi connectivity index (χ4n) is 1.86. The summed E-state index contributed by atoms with van der Waals surface area (Å²) in [6.07, 6.45) is 3.14. The topological polar surface area (TPSA) is 35.5 Å². The SMILES string of the molecule is COc1ccc(C2=CC(=O)CC2)cc1OC. The quantitative estimate of drug-likeness (QED) is 0.781. The van der Waals surface area contributed by atoms with E-state index in [2.05, 4.69) is 0 Å². The van der Waals surface area contributed by atoms with Crippen molar-refractivity contribution in [3.05, 3.63) is 29.8 Å². The molecule has 0 fully saturated rings. The summed E-state index contributed by atoms with van der Waals surface area (Å²) in [6, 6.07) is 5.72. The van der Waals surface area contributed by atoms with Gasteiger partial charge in [0.25, 0.3) is 0 Å². The van der Waals surface area contributed by atoms with Crippen molar-refractivity contribution >= 4 is 11.4 Å². The molecule has 0 aromatic heterocycles. The highest BCUT2D eigenvalue weighted by Gasteiger charge is 2.15. The van der Waals surface area contributed by atoms with Gasteiger partial charge in [0.1, 0.15) is 0 Å². The summed E-state index contributed by atoms with van der Waals surface area (Å²) in [5.74, 6) is 1.60. The molecule has 1 aliphatic rings. The Labute approximate surface area is 94.7 Å². The molecule has 84 valence electrons. The highest BCUT2D eigenvalue weighted by molar-refractivity contribution is 6.01. The number of benzene rings is 1. The van der Waals surface area contributed by atoms with Gasteiger partial charge in [-0.25, -0.2) is 0 Å². The van der Waals surface area contributed by atoms with Gasteiger partial charge in [-0.2, -0.15) is 0 Å². The number of ether oxygens (including phenoxy) is 2. The molecule has 0 bridgehead atoms. The minimum absolute atomic E-state index is 0.199. The third-order valence-corrected chi connectivity index (χ3v) is 2.73. The van der Waals surface area contributed by atoms with Crippen LogP contribution in [0.25, 0.3) is 5.57 Å². The summed E-state index contributed by atoms with van der Waals surface area (Å²) >= 11 is 0. The van der Waals surface area contributed by atoms with E-state index in [1.807, 2.05) is 18.2 Å². The lowest BCUT2D eigenvalue weighted by Crippen LogP contribution is -1.91. The van der Waals surface area contributed by atoms with Gasteiger partial charge in [0.2, 0.25) is 0 Å². The molecule has 0 unspecified atom stereocenters. The molecule has 0 amide bonds. The first-order valence-corrected chi connectivity index (χ1v) is 5.20. The molecule has 0 N–H and O–H groups in total. The fourth-order valence-corrected chi connectivity index (χ4v) is 1.86. The Morgan fingerprint density at radius 3 is 2.38 bits per heavy atom. The molecule has 0 spiro atoms. The molecule has 0 saturated carbocycles. The monoisotopic (exact) mass is 218 g/mol. The van der Waals surface area contributed by atoms with Crippen molar-refractivity contribution in [2.24, 2.45) is 0 Å². The number of carbonyl (C=O) groups excluding carboxylic acids is 1. The molecule has 1 aliphatic carbocycles. The van der Waals surface area contributed by atoms with Gasteiger partial charge in [0, 0.05) is 6.42 Å². The molecule has 0 heterocycles. The Balaban J connectivity index is 2.36. The summed E-state index contributed by atoms with van der Waals surface area (Å²) in [6.45, 7) is 0. The maximum atomic E-state index is 11.2. The van der Waals surface area contributed by atoms with Crippen LogP contribution >= 0.6 is 0 Å². The minimum Gasteiger partial charge on any atom is -0.493 e. The van der Waals surface area contributed by atoms with E-state index in [0.29, 0.717) is 17.9 Å². The third kappa shape index (κ3) is 1.94. The van der Waals surface area contributed by atoms with Crippen LogP contribution in [0.2, 0.25) is 0 Å². The first-order chi connectivity index (χ1) is 7.74. The molecular formula is C13H14O3. The molecule has 16 heavy (non-hydrogen) atoms. The van der Waals surface area contributed by atoms with Crippen LogP contribution < -0.4 is 9.47 Å². The van der Waals surface area contributed by atoms with Crippen LogP contribution in [0.3, 0.4) is 0 Å². The van der Waals surface area contributed by atoms with Gasteiger partial charge in [0.15, 0.2) is 17.3 Å². The van der Waals surface area contributed by atoms with Gasteiger partial charge in [0.05, 0.1) is 14.2 Å². The number of methoxy groups -OCH3 is 2. The predicted octanol–water partition coefficient (Wildman–Crippen LogP) is 2.45. The van der Waals surface area contributed by atoms with Crippen LogP contribution in [-0.4, -0.2) is 20.0 Å². The number of hydrogen-bond acceptors (Lipinski definition) is 3. The predicted molar refractivity (Wildman–Crippen MR) is 61.8 cm³/mol. The molecule has 1 aromatic carbocycles. The lowest BCUT2D eigenvalue weighted by atomic mass is 10.1. The summed E-state index contributed by atoms with van der Waals surface area (Å²) < 4.78 is 10.4. The largest absolute Gasteiger partial charge is 0.493 e. The van der Waals surface area contributed by atoms with E-state index in [9.17, 15) is 4.79 Å². The van der Waals surface area contributed by atoms with Crippen molar-refractivity contribution < 1.29 is 14.3 Å². The average Bonchev–Trinajstić information content (AvgIpc) is 2.75. The molecule has 2 rings (SSSR count). The second-order valence-electron chi connectivity index (χ2n) is 3.71. The van der Waals surface area contributed by atoms with Crippen LogP contribution in [0.4, 0.5) is 0 Å². The van der Waals surface area contributed by atoms with Crippen LogP contribution in [0.1, 0.15) is 18.4 Å².